The van der Waals surface area contributed by atoms with Gasteiger partial charge >= 0.3 is 0 Å². The second kappa shape index (κ2) is 6.51. The van der Waals surface area contributed by atoms with Crippen molar-refractivity contribution in [3.05, 3.63) is 29.6 Å². The van der Waals surface area contributed by atoms with Crippen LogP contribution in [0.3, 0.4) is 0 Å². The van der Waals surface area contributed by atoms with Crippen molar-refractivity contribution in [2.24, 2.45) is 0 Å². The number of rotatable bonds is 5. The van der Waals surface area contributed by atoms with Crippen LogP contribution in [-0.2, 0) is 6.54 Å². The van der Waals surface area contributed by atoms with Crippen molar-refractivity contribution in [1.82, 2.24) is 15.0 Å². The molecule has 2 heterocycles. The quantitative estimate of drug-likeness (QED) is 0.834. The molecule has 24 heavy (non-hydrogen) atoms. The van der Waals surface area contributed by atoms with Crippen LogP contribution in [0.1, 0.15) is 31.2 Å². The Bertz CT molecular complexity index is 707. The van der Waals surface area contributed by atoms with Crippen LogP contribution < -0.4 is 19.3 Å². The molecule has 0 amide bonds. The molecule has 1 aromatic heterocycles. The summed E-state index contributed by atoms with van der Waals surface area (Å²) < 4.78 is 10.8. The molecule has 0 atom stereocenters. The highest BCUT2D eigenvalue weighted by Gasteiger charge is 2.16. The van der Waals surface area contributed by atoms with Crippen molar-refractivity contribution in [2.75, 3.05) is 37.7 Å². The van der Waals surface area contributed by atoms with E-state index in [-0.39, 0.29) is 12.7 Å². The van der Waals surface area contributed by atoms with Crippen molar-refractivity contribution in [2.45, 2.75) is 26.3 Å². The molecule has 3 rings (SSSR count). The maximum Gasteiger partial charge on any atom is 0.231 e. The van der Waals surface area contributed by atoms with Gasteiger partial charge in [0, 0.05) is 33.6 Å². The Kier molecular flexibility index (Phi) is 4.42. The second-order valence-corrected chi connectivity index (χ2v) is 6.39. The average molecular weight is 329 g/mol. The van der Waals surface area contributed by atoms with E-state index in [0.29, 0.717) is 18.4 Å². The fraction of sp³-hybridized carbons (Fsp3) is 0.471. The molecule has 0 radical (unpaired) electrons. The van der Waals surface area contributed by atoms with Crippen molar-refractivity contribution in [3.8, 4) is 11.5 Å². The highest BCUT2D eigenvalue weighted by atomic mass is 16.7. The molecule has 1 aliphatic heterocycles. The number of hydrogen-bond donors (Lipinski definition) is 0. The number of ether oxygens (including phenoxy) is 2. The van der Waals surface area contributed by atoms with Crippen molar-refractivity contribution < 1.29 is 9.47 Å². The molecule has 7 nitrogen and oxygen atoms in total. The van der Waals surface area contributed by atoms with E-state index in [0.717, 1.165) is 22.9 Å². The van der Waals surface area contributed by atoms with E-state index in [1.54, 1.807) is 0 Å². The van der Waals surface area contributed by atoms with Gasteiger partial charge in [0.15, 0.2) is 11.5 Å². The number of hydrogen-bond acceptors (Lipinski definition) is 7. The summed E-state index contributed by atoms with van der Waals surface area (Å²) >= 11 is 0. The Hall–Kier alpha value is -2.57. The van der Waals surface area contributed by atoms with E-state index >= 15 is 0 Å². The molecule has 7 heteroatoms. The highest BCUT2D eigenvalue weighted by Crippen LogP contribution is 2.33. The first-order valence-electron chi connectivity index (χ1n) is 7.97. The molecule has 0 saturated carbocycles. The number of aromatic nitrogens is 3. The minimum Gasteiger partial charge on any atom is -0.454 e. The molecule has 0 fully saturated rings. The standard InChI is InChI=1S/C17H23N5O2/c1-11(2)15-18-16(21(3)4)20-17(19-15)22(5)9-12-6-7-13-14(8-12)24-10-23-13/h6-8,11H,9-10H2,1-5H3. The molecule has 128 valence electrons. The van der Waals surface area contributed by atoms with Gasteiger partial charge in [0.25, 0.3) is 0 Å². The summed E-state index contributed by atoms with van der Waals surface area (Å²) in [6.07, 6.45) is 0. The van der Waals surface area contributed by atoms with Gasteiger partial charge in [-0.15, -0.1) is 0 Å². The van der Waals surface area contributed by atoms with Gasteiger partial charge in [0.1, 0.15) is 5.82 Å². The summed E-state index contributed by atoms with van der Waals surface area (Å²) in [7, 11) is 5.84. The lowest BCUT2D eigenvalue weighted by Crippen LogP contribution is -2.23. The maximum atomic E-state index is 5.44. The number of benzene rings is 1. The molecule has 0 bridgehead atoms. The van der Waals surface area contributed by atoms with Crippen LogP contribution in [0.2, 0.25) is 0 Å². The van der Waals surface area contributed by atoms with Crippen LogP contribution >= 0.6 is 0 Å². The van der Waals surface area contributed by atoms with E-state index in [9.17, 15) is 0 Å². The summed E-state index contributed by atoms with van der Waals surface area (Å²) in [5, 5.41) is 0. The van der Waals surface area contributed by atoms with Gasteiger partial charge < -0.3 is 19.3 Å². The minimum atomic E-state index is 0.240. The Morgan fingerprint density at radius 1 is 1.00 bits per heavy atom. The first kappa shape index (κ1) is 16.3. The fourth-order valence-corrected chi connectivity index (χ4v) is 2.38. The third-order valence-corrected chi connectivity index (χ3v) is 3.74. The molecule has 0 aliphatic carbocycles. The number of anilines is 2. The van der Waals surface area contributed by atoms with Gasteiger partial charge in [-0.1, -0.05) is 19.9 Å². The van der Waals surface area contributed by atoms with E-state index in [1.807, 2.05) is 49.1 Å². The molecule has 0 spiro atoms. The van der Waals surface area contributed by atoms with Crippen LogP contribution in [0.25, 0.3) is 0 Å². The third-order valence-electron chi connectivity index (χ3n) is 3.74. The molecule has 2 aromatic rings. The lowest BCUT2D eigenvalue weighted by Gasteiger charge is -2.20. The Morgan fingerprint density at radius 2 is 1.71 bits per heavy atom. The Morgan fingerprint density at radius 3 is 2.42 bits per heavy atom. The largest absolute Gasteiger partial charge is 0.454 e. The summed E-state index contributed by atoms with van der Waals surface area (Å²) in [5.74, 6) is 3.94. The SMILES string of the molecule is CC(C)c1nc(N(C)C)nc(N(C)Cc2ccc3c(c2)OCO3)n1. The minimum absolute atomic E-state index is 0.240. The van der Waals surface area contributed by atoms with E-state index in [1.165, 1.54) is 0 Å². The van der Waals surface area contributed by atoms with Gasteiger partial charge in [-0.05, 0) is 17.7 Å². The topological polar surface area (TPSA) is 63.6 Å². The van der Waals surface area contributed by atoms with Crippen LogP contribution in [-0.4, -0.2) is 42.9 Å². The summed E-state index contributed by atoms with van der Waals surface area (Å²) in [5.41, 5.74) is 1.11. The molecular weight excluding hydrogens is 306 g/mol. The van der Waals surface area contributed by atoms with Gasteiger partial charge in [-0.25, -0.2) is 0 Å². The second-order valence-electron chi connectivity index (χ2n) is 6.39. The summed E-state index contributed by atoms with van der Waals surface area (Å²) in [4.78, 5) is 17.6. The first-order chi connectivity index (χ1) is 11.4. The molecule has 1 aliphatic rings. The lowest BCUT2D eigenvalue weighted by atomic mass is 10.2. The van der Waals surface area contributed by atoms with Gasteiger partial charge in [0.2, 0.25) is 18.7 Å². The lowest BCUT2D eigenvalue weighted by molar-refractivity contribution is 0.174. The van der Waals surface area contributed by atoms with E-state index < -0.39 is 0 Å². The maximum absolute atomic E-state index is 5.44. The normalized spacial score (nSPS) is 12.6. The molecular formula is C17H23N5O2. The summed E-state index contributed by atoms with van der Waals surface area (Å²) in [6.45, 7) is 5.11. The van der Waals surface area contributed by atoms with Crippen molar-refractivity contribution in [3.63, 3.8) is 0 Å². The zero-order valence-electron chi connectivity index (χ0n) is 14.8. The smallest absolute Gasteiger partial charge is 0.231 e. The average Bonchev–Trinajstić information content (AvgIpc) is 3.01. The Balaban J connectivity index is 1.85. The van der Waals surface area contributed by atoms with E-state index in [4.69, 9.17) is 9.47 Å². The highest BCUT2D eigenvalue weighted by molar-refractivity contribution is 5.46. The first-order valence-corrected chi connectivity index (χ1v) is 7.97. The van der Waals surface area contributed by atoms with Crippen LogP contribution in [0.4, 0.5) is 11.9 Å². The molecule has 1 aromatic carbocycles. The van der Waals surface area contributed by atoms with Gasteiger partial charge in [-0.3, -0.25) is 0 Å². The molecule has 0 unspecified atom stereocenters. The van der Waals surface area contributed by atoms with Crippen LogP contribution in [0, 0.1) is 0 Å². The zero-order chi connectivity index (χ0) is 17.3. The molecule has 0 saturated heterocycles. The van der Waals surface area contributed by atoms with Crippen molar-refractivity contribution in [1.29, 1.82) is 0 Å². The van der Waals surface area contributed by atoms with Crippen molar-refractivity contribution >= 4 is 11.9 Å². The van der Waals surface area contributed by atoms with Gasteiger partial charge in [0.05, 0.1) is 0 Å². The number of fused-ring (bicyclic) bond motifs is 1. The van der Waals surface area contributed by atoms with Gasteiger partial charge in [-0.2, -0.15) is 15.0 Å². The fourth-order valence-electron chi connectivity index (χ4n) is 2.38. The molecule has 0 N–H and O–H groups in total. The number of nitrogens with zero attached hydrogens (tertiary/aromatic N) is 5. The Labute approximate surface area is 142 Å². The third kappa shape index (κ3) is 3.34. The monoisotopic (exact) mass is 329 g/mol. The van der Waals surface area contributed by atoms with Crippen LogP contribution in [0.15, 0.2) is 18.2 Å². The van der Waals surface area contributed by atoms with E-state index in [2.05, 4.69) is 28.8 Å². The zero-order valence-corrected chi connectivity index (χ0v) is 14.8. The van der Waals surface area contributed by atoms with Crippen LogP contribution in [0.5, 0.6) is 11.5 Å². The predicted molar refractivity (Wildman–Crippen MR) is 92.9 cm³/mol. The summed E-state index contributed by atoms with van der Waals surface area (Å²) in [6, 6.07) is 5.96. The predicted octanol–water partition coefficient (Wildman–Crippen LogP) is 2.43.